The van der Waals surface area contributed by atoms with Gasteiger partial charge >= 0.3 is 0 Å². The number of aliphatic imine (C=N–C) groups is 1. The average molecular weight is 386 g/mol. The minimum Gasteiger partial charge on any atom is -0.506 e. The molecule has 7 nitrogen and oxygen atoms in total. The van der Waals surface area contributed by atoms with E-state index >= 15 is 0 Å². The van der Waals surface area contributed by atoms with Crippen molar-refractivity contribution in [3.05, 3.63) is 41.8 Å². The summed E-state index contributed by atoms with van der Waals surface area (Å²) in [5, 5.41) is 17.7. The third-order valence-corrected chi connectivity index (χ3v) is 5.42. The Morgan fingerprint density at radius 3 is 2.57 bits per heavy atom. The molecule has 0 radical (unpaired) electrons. The summed E-state index contributed by atoms with van der Waals surface area (Å²) < 4.78 is 5.50. The predicted molar refractivity (Wildman–Crippen MR) is 112 cm³/mol. The molecule has 1 aliphatic heterocycles. The lowest BCUT2D eigenvalue weighted by Gasteiger charge is -2.37. The van der Waals surface area contributed by atoms with Gasteiger partial charge in [0.25, 0.3) is 0 Å². The zero-order valence-corrected chi connectivity index (χ0v) is 17.1. The van der Waals surface area contributed by atoms with Gasteiger partial charge < -0.3 is 24.7 Å². The first-order chi connectivity index (χ1) is 13.7. The molecule has 1 fully saturated rings. The number of anilines is 1. The topological polar surface area (TPSA) is 77.1 Å². The quantitative estimate of drug-likeness (QED) is 0.587. The highest BCUT2D eigenvalue weighted by Crippen LogP contribution is 2.27. The van der Waals surface area contributed by atoms with Crippen LogP contribution in [0.3, 0.4) is 0 Å². The lowest BCUT2D eigenvalue weighted by Crippen LogP contribution is -2.52. The number of phenols is 1. The highest BCUT2D eigenvalue weighted by Gasteiger charge is 2.21. The number of hydrogen-bond donors (Lipinski definition) is 2. The van der Waals surface area contributed by atoms with E-state index in [4.69, 9.17) is 4.52 Å². The Labute approximate surface area is 167 Å². The van der Waals surface area contributed by atoms with Gasteiger partial charge in [0.2, 0.25) is 0 Å². The van der Waals surface area contributed by atoms with Crippen molar-refractivity contribution in [2.75, 3.05) is 38.1 Å². The fourth-order valence-electron chi connectivity index (χ4n) is 3.70. The van der Waals surface area contributed by atoms with Gasteiger partial charge in [-0.05, 0) is 25.0 Å². The number of piperazine rings is 1. The van der Waals surface area contributed by atoms with E-state index in [9.17, 15) is 5.11 Å². The second kappa shape index (κ2) is 9.48. The van der Waals surface area contributed by atoms with E-state index in [-0.39, 0.29) is 0 Å². The standard InChI is InChI=1S/C21H31N5O2/c1-4-16(5-2)18-14-17(28-24-18)15-23-21(22-3)26-12-10-25(11-13-26)19-8-6-7-9-20(19)27/h6-9,14,16,27H,4-5,10-13,15H2,1-3H3,(H,22,23). The predicted octanol–water partition coefficient (Wildman–Crippen LogP) is 3.18. The van der Waals surface area contributed by atoms with E-state index in [1.165, 1.54) is 0 Å². The molecule has 1 aromatic carbocycles. The van der Waals surface area contributed by atoms with Gasteiger partial charge in [0.05, 0.1) is 17.9 Å². The molecule has 1 saturated heterocycles. The van der Waals surface area contributed by atoms with Crippen LogP contribution in [0.15, 0.2) is 39.8 Å². The number of aromatic hydroxyl groups is 1. The molecule has 1 aromatic heterocycles. The molecule has 0 saturated carbocycles. The van der Waals surface area contributed by atoms with Crippen LogP contribution in [-0.4, -0.2) is 54.3 Å². The minimum absolute atomic E-state index is 0.331. The van der Waals surface area contributed by atoms with Crippen LogP contribution in [-0.2, 0) is 6.54 Å². The largest absolute Gasteiger partial charge is 0.506 e. The fourth-order valence-corrected chi connectivity index (χ4v) is 3.70. The summed E-state index contributed by atoms with van der Waals surface area (Å²) in [6, 6.07) is 9.54. The normalized spacial score (nSPS) is 15.4. The molecular formula is C21H31N5O2. The SMILES string of the molecule is CCC(CC)c1cc(CNC(=NC)N2CCN(c3ccccc3O)CC2)on1. The lowest BCUT2D eigenvalue weighted by atomic mass is 9.99. The second-order valence-electron chi connectivity index (χ2n) is 7.10. The number of nitrogens with one attached hydrogen (secondary N) is 1. The molecule has 0 atom stereocenters. The Morgan fingerprint density at radius 1 is 1.21 bits per heavy atom. The van der Waals surface area contributed by atoms with Crippen molar-refractivity contribution < 1.29 is 9.63 Å². The fraction of sp³-hybridized carbons (Fsp3) is 0.524. The van der Waals surface area contributed by atoms with Crippen molar-refractivity contribution in [1.29, 1.82) is 0 Å². The highest BCUT2D eigenvalue weighted by molar-refractivity contribution is 5.80. The summed E-state index contributed by atoms with van der Waals surface area (Å²) in [6.07, 6.45) is 2.14. The number of phenolic OH excluding ortho intramolecular Hbond substituents is 1. The van der Waals surface area contributed by atoms with Gasteiger partial charge in [-0.2, -0.15) is 0 Å². The van der Waals surface area contributed by atoms with E-state index in [0.29, 0.717) is 18.2 Å². The molecule has 1 aliphatic rings. The van der Waals surface area contributed by atoms with Crippen LogP contribution in [0.1, 0.15) is 44.1 Å². The Balaban J connectivity index is 1.53. The zero-order valence-electron chi connectivity index (χ0n) is 17.1. The molecule has 152 valence electrons. The van der Waals surface area contributed by atoms with Crippen molar-refractivity contribution in [2.24, 2.45) is 4.99 Å². The Bertz CT molecular complexity index is 777. The molecule has 2 aromatic rings. The van der Waals surface area contributed by atoms with Crippen LogP contribution < -0.4 is 10.2 Å². The van der Waals surface area contributed by atoms with Crippen molar-refractivity contribution in [2.45, 2.75) is 39.2 Å². The van der Waals surface area contributed by atoms with Crippen LogP contribution in [0.2, 0.25) is 0 Å². The van der Waals surface area contributed by atoms with E-state index in [1.54, 1.807) is 13.1 Å². The highest BCUT2D eigenvalue weighted by atomic mass is 16.5. The number of aromatic nitrogens is 1. The van der Waals surface area contributed by atoms with E-state index in [2.05, 4.69) is 39.1 Å². The first kappa shape index (κ1) is 20.0. The van der Waals surface area contributed by atoms with Crippen molar-refractivity contribution in [3.63, 3.8) is 0 Å². The Kier molecular flexibility index (Phi) is 6.79. The van der Waals surface area contributed by atoms with E-state index in [0.717, 1.165) is 62.1 Å². The van der Waals surface area contributed by atoms with Gasteiger partial charge in [0.1, 0.15) is 5.75 Å². The van der Waals surface area contributed by atoms with Crippen LogP contribution in [0.25, 0.3) is 0 Å². The van der Waals surface area contributed by atoms with Crippen molar-refractivity contribution >= 4 is 11.6 Å². The summed E-state index contributed by atoms with van der Waals surface area (Å²) in [7, 11) is 1.80. The van der Waals surface area contributed by atoms with E-state index in [1.807, 2.05) is 24.3 Å². The molecule has 0 unspecified atom stereocenters. The number of nitrogens with zero attached hydrogens (tertiary/aromatic N) is 4. The number of hydrogen-bond acceptors (Lipinski definition) is 5. The first-order valence-electron chi connectivity index (χ1n) is 10.1. The maximum atomic E-state index is 10.1. The summed E-state index contributed by atoms with van der Waals surface area (Å²) in [4.78, 5) is 8.85. The van der Waals surface area contributed by atoms with Crippen molar-refractivity contribution in [3.8, 4) is 5.75 Å². The molecule has 7 heteroatoms. The summed E-state index contributed by atoms with van der Waals surface area (Å²) in [5.41, 5.74) is 1.92. The molecule has 0 bridgehead atoms. The second-order valence-corrected chi connectivity index (χ2v) is 7.10. The van der Waals surface area contributed by atoms with Crippen LogP contribution >= 0.6 is 0 Å². The van der Waals surface area contributed by atoms with Crippen LogP contribution in [0.5, 0.6) is 5.75 Å². The van der Waals surface area contributed by atoms with Gasteiger partial charge in [0.15, 0.2) is 11.7 Å². The first-order valence-corrected chi connectivity index (χ1v) is 10.1. The van der Waals surface area contributed by atoms with Gasteiger partial charge in [-0.3, -0.25) is 4.99 Å². The van der Waals surface area contributed by atoms with Gasteiger partial charge in [-0.25, -0.2) is 0 Å². The van der Waals surface area contributed by atoms with Crippen molar-refractivity contribution in [1.82, 2.24) is 15.4 Å². The number of guanidine groups is 1. The lowest BCUT2D eigenvalue weighted by molar-refractivity contribution is 0.352. The van der Waals surface area contributed by atoms with Gasteiger partial charge in [-0.1, -0.05) is 31.1 Å². The Hall–Kier alpha value is -2.70. The number of benzene rings is 1. The smallest absolute Gasteiger partial charge is 0.194 e. The maximum absolute atomic E-state index is 10.1. The number of para-hydroxylation sites is 2. The van der Waals surface area contributed by atoms with Crippen LogP contribution in [0, 0.1) is 0 Å². The molecule has 0 aliphatic carbocycles. The molecule has 28 heavy (non-hydrogen) atoms. The molecular weight excluding hydrogens is 354 g/mol. The van der Waals surface area contributed by atoms with Gasteiger partial charge in [0, 0.05) is 45.2 Å². The van der Waals surface area contributed by atoms with Gasteiger partial charge in [-0.15, -0.1) is 0 Å². The minimum atomic E-state index is 0.331. The average Bonchev–Trinajstić information content (AvgIpc) is 3.19. The number of rotatable bonds is 6. The summed E-state index contributed by atoms with van der Waals surface area (Å²) >= 11 is 0. The third kappa shape index (κ3) is 4.58. The molecule has 3 rings (SSSR count). The maximum Gasteiger partial charge on any atom is 0.194 e. The summed E-state index contributed by atoms with van der Waals surface area (Å²) in [6.45, 7) is 8.26. The molecule has 2 heterocycles. The monoisotopic (exact) mass is 385 g/mol. The zero-order chi connectivity index (χ0) is 19.9. The molecule has 0 spiro atoms. The molecule has 2 N–H and O–H groups in total. The van der Waals surface area contributed by atoms with Crippen LogP contribution in [0.4, 0.5) is 5.69 Å². The molecule has 0 amide bonds. The Morgan fingerprint density at radius 2 is 1.93 bits per heavy atom. The van der Waals surface area contributed by atoms with E-state index < -0.39 is 0 Å². The third-order valence-electron chi connectivity index (χ3n) is 5.42. The summed E-state index contributed by atoms with van der Waals surface area (Å²) in [5.74, 6) is 2.48.